The van der Waals surface area contributed by atoms with Crippen molar-refractivity contribution in [1.29, 1.82) is 0 Å². The standard InChI is InChI=1S/C18H28N6O3/c1-17(2,3)27-16(25)24-9-12(26-10-18(24,4)5)7-19-14-13-8-22-23(6)15(13)21-11-20-14/h8,11-12H,7,9-10H2,1-6H3,(H,19,20,21). The van der Waals surface area contributed by atoms with Crippen LogP contribution in [0.25, 0.3) is 11.0 Å². The summed E-state index contributed by atoms with van der Waals surface area (Å²) < 4.78 is 13.2. The average Bonchev–Trinajstić information content (AvgIpc) is 2.94. The van der Waals surface area contributed by atoms with Crippen LogP contribution in [-0.4, -0.2) is 67.7 Å². The summed E-state index contributed by atoms with van der Waals surface area (Å²) in [7, 11) is 1.84. The predicted octanol–water partition coefficient (Wildman–Crippen LogP) is 2.19. The van der Waals surface area contributed by atoms with Crippen molar-refractivity contribution in [3.05, 3.63) is 12.5 Å². The maximum absolute atomic E-state index is 12.6. The van der Waals surface area contributed by atoms with Crippen LogP contribution in [0.2, 0.25) is 0 Å². The summed E-state index contributed by atoms with van der Waals surface area (Å²) in [6, 6.07) is 0. The number of nitrogens with zero attached hydrogens (tertiary/aromatic N) is 5. The van der Waals surface area contributed by atoms with Crippen LogP contribution in [0.3, 0.4) is 0 Å². The molecule has 1 atom stereocenters. The molecular formula is C18H28N6O3. The molecule has 1 fully saturated rings. The Morgan fingerprint density at radius 3 is 2.85 bits per heavy atom. The smallest absolute Gasteiger partial charge is 0.410 e. The minimum Gasteiger partial charge on any atom is -0.444 e. The first-order valence-corrected chi connectivity index (χ1v) is 9.06. The molecule has 2 aromatic heterocycles. The van der Waals surface area contributed by atoms with Gasteiger partial charge in [-0.05, 0) is 34.6 Å². The van der Waals surface area contributed by atoms with E-state index in [4.69, 9.17) is 9.47 Å². The van der Waals surface area contributed by atoms with Crippen molar-refractivity contribution in [2.75, 3.05) is 25.0 Å². The van der Waals surface area contributed by atoms with Gasteiger partial charge in [-0.1, -0.05) is 0 Å². The molecule has 1 saturated heterocycles. The van der Waals surface area contributed by atoms with Crippen LogP contribution < -0.4 is 5.32 Å². The van der Waals surface area contributed by atoms with Crippen molar-refractivity contribution in [3.8, 4) is 0 Å². The van der Waals surface area contributed by atoms with Gasteiger partial charge in [0.15, 0.2) is 5.65 Å². The minimum atomic E-state index is -0.536. The van der Waals surface area contributed by atoms with E-state index < -0.39 is 11.1 Å². The Labute approximate surface area is 159 Å². The lowest BCUT2D eigenvalue weighted by molar-refractivity contribution is -0.0940. The zero-order valence-electron chi connectivity index (χ0n) is 16.8. The van der Waals surface area contributed by atoms with Crippen molar-refractivity contribution in [1.82, 2.24) is 24.6 Å². The molecule has 2 aromatic rings. The topological polar surface area (TPSA) is 94.4 Å². The zero-order valence-corrected chi connectivity index (χ0v) is 16.8. The van der Waals surface area contributed by atoms with Gasteiger partial charge in [0.1, 0.15) is 17.7 Å². The van der Waals surface area contributed by atoms with Crippen molar-refractivity contribution < 1.29 is 14.3 Å². The van der Waals surface area contributed by atoms with E-state index in [9.17, 15) is 4.79 Å². The summed E-state index contributed by atoms with van der Waals surface area (Å²) in [6.07, 6.45) is 2.74. The molecule has 1 N–H and O–H groups in total. The lowest BCUT2D eigenvalue weighted by atomic mass is 10.0. The van der Waals surface area contributed by atoms with Gasteiger partial charge in [-0.15, -0.1) is 0 Å². The second-order valence-electron chi connectivity index (χ2n) is 8.45. The van der Waals surface area contributed by atoms with E-state index in [-0.39, 0.29) is 12.2 Å². The number of amides is 1. The van der Waals surface area contributed by atoms with E-state index in [1.54, 1.807) is 15.8 Å². The molecule has 0 aliphatic carbocycles. The molecule has 0 spiro atoms. The quantitative estimate of drug-likeness (QED) is 0.877. The Balaban J connectivity index is 1.68. The first-order chi connectivity index (χ1) is 12.6. The van der Waals surface area contributed by atoms with Crippen LogP contribution >= 0.6 is 0 Å². The Hall–Kier alpha value is -2.42. The molecular weight excluding hydrogens is 348 g/mol. The molecule has 0 bridgehead atoms. The fraction of sp³-hybridized carbons (Fsp3) is 0.667. The van der Waals surface area contributed by atoms with Crippen molar-refractivity contribution in [2.45, 2.75) is 51.9 Å². The molecule has 3 heterocycles. The number of fused-ring (bicyclic) bond motifs is 1. The number of anilines is 1. The minimum absolute atomic E-state index is 0.174. The van der Waals surface area contributed by atoms with Gasteiger partial charge in [-0.3, -0.25) is 9.58 Å². The Bertz CT molecular complexity index is 826. The number of carbonyl (C=O) groups is 1. The maximum Gasteiger partial charge on any atom is 0.410 e. The first kappa shape index (κ1) is 19.3. The fourth-order valence-electron chi connectivity index (χ4n) is 2.98. The Morgan fingerprint density at radius 2 is 2.15 bits per heavy atom. The summed E-state index contributed by atoms with van der Waals surface area (Å²) in [6.45, 7) is 10.9. The number of morpholine rings is 1. The molecule has 0 saturated carbocycles. The molecule has 9 nitrogen and oxygen atoms in total. The molecule has 0 aromatic carbocycles. The van der Waals surface area contributed by atoms with Crippen molar-refractivity contribution >= 4 is 22.9 Å². The summed E-state index contributed by atoms with van der Waals surface area (Å²) in [5.74, 6) is 0.699. The SMILES string of the molecule is Cn1ncc2c(NCC3CN(C(=O)OC(C)(C)C)C(C)(C)CO3)ncnc21. The number of aromatic nitrogens is 4. The van der Waals surface area contributed by atoms with E-state index in [2.05, 4.69) is 20.4 Å². The number of hydrogen-bond donors (Lipinski definition) is 1. The number of aryl methyl sites for hydroxylation is 1. The van der Waals surface area contributed by atoms with Gasteiger partial charge in [0.25, 0.3) is 0 Å². The molecule has 1 amide bonds. The fourth-order valence-corrected chi connectivity index (χ4v) is 2.98. The van der Waals surface area contributed by atoms with Crippen LogP contribution in [0, 0.1) is 0 Å². The third-order valence-corrected chi connectivity index (χ3v) is 4.43. The average molecular weight is 376 g/mol. The highest BCUT2D eigenvalue weighted by molar-refractivity contribution is 5.85. The highest BCUT2D eigenvalue weighted by Crippen LogP contribution is 2.25. The molecule has 1 unspecified atom stereocenters. The first-order valence-electron chi connectivity index (χ1n) is 9.06. The molecule has 1 aliphatic rings. The van der Waals surface area contributed by atoms with Gasteiger partial charge in [-0.2, -0.15) is 5.10 Å². The summed E-state index contributed by atoms with van der Waals surface area (Å²) in [4.78, 5) is 22.9. The number of ether oxygens (including phenoxy) is 2. The zero-order chi connectivity index (χ0) is 19.8. The highest BCUT2D eigenvalue weighted by Gasteiger charge is 2.40. The summed E-state index contributed by atoms with van der Waals surface area (Å²) >= 11 is 0. The lowest BCUT2D eigenvalue weighted by Gasteiger charge is -2.45. The lowest BCUT2D eigenvalue weighted by Crippen LogP contribution is -2.60. The van der Waals surface area contributed by atoms with Gasteiger partial charge in [0, 0.05) is 13.6 Å². The van der Waals surface area contributed by atoms with E-state index in [1.807, 2.05) is 41.7 Å². The third-order valence-electron chi connectivity index (χ3n) is 4.43. The normalized spacial score (nSPS) is 19.9. The number of rotatable bonds is 3. The molecule has 3 rings (SSSR count). The second kappa shape index (κ2) is 6.95. The van der Waals surface area contributed by atoms with Gasteiger partial charge >= 0.3 is 6.09 Å². The highest BCUT2D eigenvalue weighted by atomic mass is 16.6. The third kappa shape index (κ3) is 4.29. The van der Waals surface area contributed by atoms with Gasteiger partial charge in [0.05, 0.1) is 36.4 Å². The van der Waals surface area contributed by atoms with E-state index in [0.29, 0.717) is 25.5 Å². The molecule has 0 radical (unpaired) electrons. The van der Waals surface area contributed by atoms with Crippen LogP contribution in [0.4, 0.5) is 10.6 Å². The maximum atomic E-state index is 12.6. The molecule has 27 heavy (non-hydrogen) atoms. The van der Waals surface area contributed by atoms with Crippen LogP contribution in [0.1, 0.15) is 34.6 Å². The number of hydrogen-bond acceptors (Lipinski definition) is 7. The molecule has 9 heteroatoms. The Morgan fingerprint density at radius 1 is 1.41 bits per heavy atom. The van der Waals surface area contributed by atoms with Crippen LogP contribution in [-0.2, 0) is 16.5 Å². The van der Waals surface area contributed by atoms with Crippen molar-refractivity contribution in [2.24, 2.45) is 7.05 Å². The van der Waals surface area contributed by atoms with E-state index >= 15 is 0 Å². The molecule has 148 valence electrons. The summed E-state index contributed by atoms with van der Waals surface area (Å²) in [5.41, 5.74) is -0.204. The van der Waals surface area contributed by atoms with E-state index in [0.717, 1.165) is 11.0 Å². The second-order valence-corrected chi connectivity index (χ2v) is 8.45. The van der Waals surface area contributed by atoms with Gasteiger partial charge in [-0.25, -0.2) is 14.8 Å². The number of carbonyl (C=O) groups excluding carboxylic acids is 1. The Kier molecular flexibility index (Phi) is 4.98. The summed E-state index contributed by atoms with van der Waals surface area (Å²) in [5, 5.41) is 8.36. The molecule has 1 aliphatic heterocycles. The van der Waals surface area contributed by atoms with Gasteiger partial charge in [0.2, 0.25) is 0 Å². The van der Waals surface area contributed by atoms with Gasteiger partial charge < -0.3 is 14.8 Å². The number of nitrogens with one attached hydrogen (secondary N) is 1. The predicted molar refractivity (Wildman–Crippen MR) is 102 cm³/mol. The van der Waals surface area contributed by atoms with E-state index in [1.165, 1.54) is 6.33 Å². The van der Waals surface area contributed by atoms with Crippen LogP contribution in [0.5, 0.6) is 0 Å². The van der Waals surface area contributed by atoms with Crippen molar-refractivity contribution in [3.63, 3.8) is 0 Å². The van der Waals surface area contributed by atoms with Crippen LogP contribution in [0.15, 0.2) is 12.5 Å². The largest absolute Gasteiger partial charge is 0.444 e. The monoisotopic (exact) mass is 376 g/mol.